The van der Waals surface area contributed by atoms with E-state index < -0.39 is 24.6 Å². The molecule has 0 atom stereocenters. The zero-order chi connectivity index (χ0) is 15.4. The average Bonchev–Trinajstić information content (AvgIpc) is 2.35. The van der Waals surface area contributed by atoms with Crippen molar-refractivity contribution in [3.8, 4) is 5.88 Å². The summed E-state index contributed by atoms with van der Waals surface area (Å²) >= 11 is 0. The standard InChI is InChI=1S/C10H12F5N3O2/c1-16-6-3-8(18-7(17-6)4-19-2)20-5-9(11,12)10(13,14)15/h3H,4-5H2,1-2H3,(H,16,17,18). The van der Waals surface area contributed by atoms with E-state index >= 15 is 0 Å². The van der Waals surface area contributed by atoms with Crippen LogP contribution < -0.4 is 10.1 Å². The maximum absolute atomic E-state index is 12.7. The molecule has 0 fully saturated rings. The fourth-order valence-corrected chi connectivity index (χ4v) is 1.11. The first kappa shape index (κ1) is 16.3. The van der Waals surface area contributed by atoms with Crippen LogP contribution in [0.15, 0.2) is 6.07 Å². The highest BCUT2D eigenvalue weighted by Crippen LogP contribution is 2.35. The van der Waals surface area contributed by atoms with Crippen molar-refractivity contribution in [2.45, 2.75) is 18.7 Å². The first-order valence-corrected chi connectivity index (χ1v) is 5.31. The van der Waals surface area contributed by atoms with Gasteiger partial charge >= 0.3 is 12.1 Å². The molecule has 0 amide bonds. The Balaban J connectivity index is 2.84. The molecule has 0 aliphatic heterocycles. The van der Waals surface area contributed by atoms with E-state index in [1.807, 2.05) is 0 Å². The number of halogens is 5. The van der Waals surface area contributed by atoms with Crippen LogP contribution in [-0.2, 0) is 11.3 Å². The van der Waals surface area contributed by atoms with Crippen LogP contribution in [0.3, 0.4) is 0 Å². The lowest BCUT2D eigenvalue weighted by Gasteiger charge is -2.19. The highest BCUT2D eigenvalue weighted by atomic mass is 19.4. The van der Waals surface area contributed by atoms with Gasteiger partial charge in [-0.05, 0) is 0 Å². The predicted molar refractivity (Wildman–Crippen MR) is 58.8 cm³/mol. The van der Waals surface area contributed by atoms with Crippen LogP contribution in [0.5, 0.6) is 5.88 Å². The van der Waals surface area contributed by atoms with E-state index in [2.05, 4.69) is 20.0 Å². The Hall–Kier alpha value is -1.71. The van der Waals surface area contributed by atoms with Crippen molar-refractivity contribution in [2.24, 2.45) is 0 Å². The van der Waals surface area contributed by atoms with Crippen molar-refractivity contribution in [1.29, 1.82) is 0 Å². The first-order chi connectivity index (χ1) is 9.19. The van der Waals surface area contributed by atoms with Gasteiger partial charge in [-0.2, -0.15) is 26.9 Å². The Morgan fingerprint density at radius 1 is 1.20 bits per heavy atom. The molecule has 5 nitrogen and oxygen atoms in total. The number of nitrogens with zero attached hydrogens (tertiary/aromatic N) is 2. The lowest BCUT2D eigenvalue weighted by molar-refractivity contribution is -0.290. The molecule has 0 aromatic carbocycles. The Bertz CT molecular complexity index is 453. The van der Waals surface area contributed by atoms with Gasteiger partial charge in [-0.25, -0.2) is 4.98 Å². The summed E-state index contributed by atoms with van der Waals surface area (Å²) < 4.78 is 70.5. The topological polar surface area (TPSA) is 56.3 Å². The van der Waals surface area contributed by atoms with Crippen LogP contribution in [0.1, 0.15) is 5.82 Å². The zero-order valence-electron chi connectivity index (χ0n) is 10.6. The van der Waals surface area contributed by atoms with Gasteiger partial charge in [0.25, 0.3) is 0 Å². The molecule has 0 aliphatic carbocycles. The molecule has 0 saturated carbocycles. The Morgan fingerprint density at radius 3 is 2.35 bits per heavy atom. The minimum absolute atomic E-state index is 0.0401. The smallest absolute Gasteiger partial charge is 0.456 e. The monoisotopic (exact) mass is 301 g/mol. The summed E-state index contributed by atoms with van der Waals surface area (Å²) in [4.78, 5) is 7.56. The van der Waals surface area contributed by atoms with E-state index in [1.54, 1.807) is 0 Å². The molecule has 20 heavy (non-hydrogen) atoms. The summed E-state index contributed by atoms with van der Waals surface area (Å²) in [6.07, 6.45) is -5.68. The molecule has 1 aromatic rings. The number of hydrogen-bond acceptors (Lipinski definition) is 5. The number of hydrogen-bond donors (Lipinski definition) is 1. The van der Waals surface area contributed by atoms with Crippen LogP contribution in [0.25, 0.3) is 0 Å². The normalized spacial score (nSPS) is 12.3. The van der Waals surface area contributed by atoms with E-state index in [1.165, 1.54) is 14.2 Å². The van der Waals surface area contributed by atoms with Crippen molar-refractivity contribution in [1.82, 2.24) is 9.97 Å². The molecule has 0 radical (unpaired) electrons. The number of anilines is 1. The van der Waals surface area contributed by atoms with E-state index in [-0.39, 0.29) is 18.2 Å². The lowest BCUT2D eigenvalue weighted by Crippen LogP contribution is -2.41. The summed E-state index contributed by atoms with van der Waals surface area (Å²) in [5.74, 6) is -5.07. The summed E-state index contributed by atoms with van der Waals surface area (Å²) in [5.41, 5.74) is 0. The van der Waals surface area contributed by atoms with Crippen LogP contribution in [-0.4, -0.2) is 42.8 Å². The molecule has 0 aliphatic rings. The van der Waals surface area contributed by atoms with E-state index in [4.69, 9.17) is 4.74 Å². The summed E-state index contributed by atoms with van der Waals surface area (Å²) in [6, 6.07) is 1.10. The molecule has 0 unspecified atom stereocenters. The third kappa shape index (κ3) is 4.15. The van der Waals surface area contributed by atoms with Gasteiger partial charge in [0.15, 0.2) is 12.4 Å². The number of rotatable bonds is 6. The molecular formula is C10H12F5N3O2. The molecule has 0 saturated heterocycles. The van der Waals surface area contributed by atoms with Crippen molar-refractivity contribution < 1.29 is 31.4 Å². The SMILES string of the molecule is CNc1cc(OCC(F)(F)C(F)(F)F)nc(COC)n1. The van der Waals surface area contributed by atoms with Gasteiger partial charge in [0.1, 0.15) is 12.4 Å². The minimum Gasteiger partial charge on any atom is -0.471 e. The summed E-state index contributed by atoms with van der Waals surface area (Å²) in [7, 11) is 2.85. The number of ether oxygens (including phenoxy) is 2. The van der Waals surface area contributed by atoms with Gasteiger partial charge in [-0.15, -0.1) is 0 Å². The molecule has 1 heterocycles. The second-order valence-corrected chi connectivity index (χ2v) is 3.68. The highest BCUT2D eigenvalue weighted by Gasteiger charge is 2.58. The van der Waals surface area contributed by atoms with Crippen molar-refractivity contribution in [2.75, 3.05) is 26.1 Å². The van der Waals surface area contributed by atoms with E-state index in [0.29, 0.717) is 0 Å². The van der Waals surface area contributed by atoms with Gasteiger partial charge in [0, 0.05) is 20.2 Å². The molecule has 1 aromatic heterocycles. The largest absolute Gasteiger partial charge is 0.471 e. The second-order valence-electron chi connectivity index (χ2n) is 3.68. The molecule has 10 heteroatoms. The minimum atomic E-state index is -5.68. The van der Waals surface area contributed by atoms with Crippen molar-refractivity contribution in [3.63, 3.8) is 0 Å². The van der Waals surface area contributed by atoms with Gasteiger partial charge in [0.2, 0.25) is 5.88 Å². The van der Waals surface area contributed by atoms with Crippen LogP contribution in [0, 0.1) is 0 Å². The maximum Gasteiger partial charge on any atom is 0.456 e. The zero-order valence-corrected chi connectivity index (χ0v) is 10.6. The third-order valence-electron chi connectivity index (χ3n) is 2.09. The van der Waals surface area contributed by atoms with Gasteiger partial charge in [-0.1, -0.05) is 0 Å². The van der Waals surface area contributed by atoms with Gasteiger partial charge < -0.3 is 14.8 Å². The number of methoxy groups -OCH3 is 1. The Kier molecular flexibility index (Phi) is 5.03. The molecule has 1 rings (SSSR count). The maximum atomic E-state index is 12.7. The summed E-state index contributed by atoms with van der Waals surface area (Å²) in [6.45, 7) is -1.90. The quantitative estimate of drug-likeness (QED) is 0.817. The van der Waals surface area contributed by atoms with Crippen molar-refractivity contribution in [3.05, 3.63) is 11.9 Å². The third-order valence-corrected chi connectivity index (χ3v) is 2.09. The predicted octanol–water partition coefficient (Wildman–Crippen LogP) is 2.24. The highest BCUT2D eigenvalue weighted by molar-refractivity contribution is 5.37. The number of alkyl halides is 5. The molecular weight excluding hydrogens is 289 g/mol. The molecule has 114 valence electrons. The lowest BCUT2D eigenvalue weighted by atomic mass is 10.3. The van der Waals surface area contributed by atoms with Gasteiger partial charge in [-0.3, -0.25) is 0 Å². The number of aromatic nitrogens is 2. The molecule has 1 N–H and O–H groups in total. The number of nitrogens with one attached hydrogen (secondary N) is 1. The average molecular weight is 301 g/mol. The van der Waals surface area contributed by atoms with E-state index in [0.717, 1.165) is 6.07 Å². The first-order valence-electron chi connectivity index (χ1n) is 5.31. The summed E-state index contributed by atoms with van der Waals surface area (Å²) in [5, 5.41) is 2.60. The fourth-order valence-electron chi connectivity index (χ4n) is 1.11. The van der Waals surface area contributed by atoms with Gasteiger partial charge in [0.05, 0.1) is 0 Å². The Labute approximate surface area is 111 Å². The fraction of sp³-hybridized carbons (Fsp3) is 0.600. The molecule has 0 spiro atoms. The van der Waals surface area contributed by atoms with Crippen molar-refractivity contribution >= 4 is 5.82 Å². The second kappa shape index (κ2) is 6.16. The van der Waals surface area contributed by atoms with Crippen LogP contribution in [0.4, 0.5) is 27.8 Å². The van der Waals surface area contributed by atoms with Crippen LogP contribution in [0.2, 0.25) is 0 Å². The Morgan fingerprint density at radius 2 is 1.85 bits per heavy atom. The van der Waals surface area contributed by atoms with E-state index in [9.17, 15) is 22.0 Å². The van der Waals surface area contributed by atoms with Crippen LogP contribution >= 0.6 is 0 Å². The molecule has 0 bridgehead atoms.